The molecule has 1 radical (unpaired) electrons. The predicted molar refractivity (Wildman–Crippen MR) is 66.0 cm³/mol. The Hall–Kier alpha value is -1.52. The Labute approximate surface area is 108 Å². The Morgan fingerprint density at radius 3 is 2.76 bits per heavy atom. The number of aromatic nitrogens is 2. The van der Waals surface area contributed by atoms with Gasteiger partial charge in [-0.15, -0.1) is 0 Å². The van der Waals surface area contributed by atoms with Crippen LogP contribution in [0.15, 0.2) is 18.2 Å². The summed E-state index contributed by atoms with van der Waals surface area (Å²) in [4.78, 5) is 11.0. The third-order valence-corrected chi connectivity index (χ3v) is 2.79. The van der Waals surface area contributed by atoms with E-state index in [1.807, 2.05) is 0 Å². The summed E-state index contributed by atoms with van der Waals surface area (Å²) in [6.45, 7) is 0. The van der Waals surface area contributed by atoms with E-state index in [9.17, 15) is 4.79 Å². The Balaban J connectivity index is 2.60. The van der Waals surface area contributed by atoms with Crippen molar-refractivity contribution < 1.29 is 4.79 Å². The number of nitrogens with zero attached hydrogens (tertiary/aromatic N) is 2. The van der Waals surface area contributed by atoms with E-state index in [-0.39, 0.29) is 5.69 Å². The quantitative estimate of drug-likeness (QED) is 0.909. The van der Waals surface area contributed by atoms with Crippen LogP contribution in [0.4, 0.5) is 0 Å². The van der Waals surface area contributed by atoms with Gasteiger partial charge in [0, 0.05) is 23.7 Å². The Bertz CT molecular complexity index is 592. The average Bonchev–Trinajstić information content (AvgIpc) is 2.64. The molecule has 0 fully saturated rings. The highest BCUT2D eigenvalue weighted by molar-refractivity contribution is 6.35. The molecule has 0 spiro atoms. The number of carbonyl (C=O) groups excluding carboxylic acids is 1. The number of carbonyl (C=O) groups is 1. The number of primary amides is 1. The van der Waals surface area contributed by atoms with E-state index in [4.69, 9.17) is 28.9 Å². The van der Waals surface area contributed by atoms with Crippen molar-refractivity contribution in [2.45, 2.75) is 0 Å². The molecule has 1 amide bonds. The summed E-state index contributed by atoms with van der Waals surface area (Å²) in [6, 6.07) is 7.83. The monoisotopic (exact) mass is 268 g/mol. The molecule has 0 unspecified atom stereocenters. The fraction of sp³-hybridized carbons (Fsp3) is 0.0909. The number of rotatable bonds is 2. The van der Waals surface area contributed by atoms with Gasteiger partial charge >= 0.3 is 0 Å². The van der Waals surface area contributed by atoms with Gasteiger partial charge in [-0.2, -0.15) is 5.10 Å². The van der Waals surface area contributed by atoms with Gasteiger partial charge < -0.3 is 5.73 Å². The summed E-state index contributed by atoms with van der Waals surface area (Å²) in [5.41, 5.74) is 6.42. The van der Waals surface area contributed by atoms with Gasteiger partial charge in [0.1, 0.15) is 0 Å². The van der Waals surface area contributed by atoms with Crippen LogP contribution in [0.2, 0.25) is 10.0 Å². The fourth-order valence-corrected chi connectivity index (χ4v) is 1.83. The number of hydrogen-bond donors (Lipinski definition) is 1. The second-order valence-corrected chi connectivity index (χ2v) is 4.28. The standard InChI is InChI=1S/C11H8Cl2N3O/c1-16-10(5-9(15-16)11(14)17)7-4-6(12)2-3-8(7)13/h2-4H,1H3,(H2,14,17). The van der Waals surface area contributed by atoms with Gasteiger partial charge in [-0.05, 0) is 18.2 Å². The molecule has 0 atom stereocenters. The number of amides is 1. The largest absolute Gasteiger partial charge is 0.364 e. The molecule has 1 aromatic heterocycles. The molecule has 0 aliphatic heterocycles. The van der Waals surface area contributed by atoms with E-state index in [2.05, 4.69) is 11.2 Å². The summed E-state index contributed by atoms with van der Waals surface area (Å²) in [7, 11) is 1.68. The number of benzene rings is 1. The Morgan fingerprint density at radius 1 is 1.47 bits per heavy atom. The highest BCUT2D eigenvalue weighted by Crippen LogP contribution is 2.30. The minimum atomic E-state index is -0.634. The van der Waals surface area contributed by atoms with Crippen LogP contribution in [0.25, 0.3) is 11.3 Å². The van der Waals surface area contributed by atoms with Crippen molar-refractivity contribution in [2.24, 2.45) is 12.8 Å². The van der Waals surface area contributed by atoms with Crippen LogP contribution < -0.4 is 5.73 Å². The van der Waals surface area contributed by atoms with E-state index in [0.29, 0.717) is 21.3 Å². The van der Waals surface area contributed by atoms with Crippen LogP contribution in [0, 0.1) is 6.07 Å². The lowest BCUT2D eigenvalue weighted by atomic mass is 10.1. The van der Waals surface area contributed by atoms with Gasteiger partial charge in [-0.25, -0.2) is 0 Å². The van der Waals surface area contributed by atoms with Crippen molar-refractivity contribution in [2.75, 3.05) is 0 Å². The average molecular weight is 269 g/mol. The molecule has 2 rings (SSSR count). The van der Waals surface area contributed by atoms with Gasteiger partial charge in [0.25, 0.3) is 5.91 Å². The molecular formula is C11H8Cl2N3O. The zero-order valence-electron chi connectivity index (χ0n) is 8.87. The van der Waals surface area contributed by atoms with Crippen LogP contribution >= 0.6 is 23.2 Å². The van der Waals surface area contributed by atoms with Gasteiger partial charge in [0.05, 0.1) is 10.7 Å². The molecule has 1 aromatic carbocycles. The van der Waals surface area contributed by atoms with Crippen molar-refractivity contribution in [3.63, 3.8) is 0 Å². The van der Waals surface area contributed by atoms with Crippen LogP contribution in [-0.4, -0.2) is 15.7 Å². The molecule has 0 aliphatic rings. The number of hydrogen-bond acceptors (Lipinski definition) is 2. The van der Waals surface area contributed by atoms with Crippen molar-refractivity contribution in [3.05, 3.63) is 40.0 Å². The Kier molecular flexibility index (Phi) is 3.09. The first kappa shape index (κ1) is 12.0. The van der Waals surface area contributed by atoms with Crippen molar-refractivity contribution >= 4 is 29.1 Å². The van der Waals surface area contributed by atoms with E-state index in [1.54, 1.807) is 25.2 Å². The summed E-state index contributed by atoms with van der Waals surface area (Å²) >= 11 is 12.0. The van der Waals surface area contributed by atoms with Crippen LogP contribution in [-0.2, 0) is 7.05 Å². The lowest BCUT2D eigenvalue weighted by Gasteiger charge is -2.04. The second-order valence-electron chi connectivity index (χ2n) is 3.43. The highest BCUT2D eigenvalue weighted by Gasteiger charge is 2.14. The molecule has 0 saturated carbocycles. The van der Waals surface area contributed by atoms with E-state index in [1.165, 1.54) is 4.68 Å². The Morgan fingerprint density at radius 2 is 2.18 bits per heavy atom. The van der Waals surface area contributed by atoms with Gasteiger partial charge in [-0.1, -0.05) is 23.2 Å². The van der Waals surface area contributed by atoms with Gasteiger partial charge in [0.15, 0.2) is 5.69 Å². The first-order valence-corrected chi connectivity index (χ1v) is 5.46. The molecule has 0 saturated heterocycles. The van der Waals surface area contributed by atoms with Crippen molar-refractivity contribution in [3.8, 4) is 11.3 Å². The minimum Gasteiger partial charge on any atom is -0.364 e. The minimum absolute atomic E-state index is 0.0681. The van der Waals surface area contributed by atoms with Gasteiger partial charge in [-0.3, -0.25) is 9.48 Å². The topological polar surface area (TPSA) is 60.9 Å². The zero-order valence-corrected chi connectivity index (χ0v) is 10.4. The lowest BCUT2D eigenvalue weighted by molar-refractivity contribution is 0.0994. The molecule has 1 heterocycles. The first-order valence-electron chi connectivity index (χ1n) is 4.70. The van der Waals surface area contributed by atoms with Crippen LogP contribution in [0.1, 0.15) is 10.5 Å². The highest BCUT2D eigenvalue weighted by atomic mass is 35.5. The summed E-state index contributed by atoms with van der Waals surface area (Å²) < 4.78 is 1.48. The number of aryl methyl sites for hydroxylation is 1. The molecule has 87 valence electrons. The zero-order chi connectivity index (χ0) is 12.6. The molecule has 2 aromatic rings. The molecule has 6 heteroatoms. The predicted octanol–water partition coefficient (Wildman–Crippen LogP) is 2.29. The van der Waals surface area contributed by atoms with E-state index >= 15 is 0 Å². The first-order chi connectivity index (χ1) is 7.99. The van der Waals surface area contributed by atoms with E-state index in [0.717, 1.165) is 0 Å². The SMILES string of the molecule is Cn1nc(C(N)=O)[c]c1-c1cc(Cl)ccc1Cl. The molecule has 2 N–H and O–H groups in total. The van der Waals surface area contributed by atoms with Crippen molar-refractivity contribution in [1.29, 1.82) is 0 Å². The molecule has 4 nitrogen and oxygen atoms in total. The number of halogens is 2. The van der Waals surface area contributed by atoms with E-state index < -0.39 is 5.91 Å². The molecule has 17 heavy (non-hydrogen) atoms. The fourth-order valence-electron chi connectivity index (χ4n) is 1.45. The summed E-state index contributed by atoms with van der Waals surface area (Å²) in [5, 5.41) is 4.99. The number of nitrogens with two attached hydrogens (primary N) is 1. The maximum Gasteiger partial charge on any atom is 0.269 e. The molecular weight excluding hydrogens is 261 g/mol. The summed E-state index contributed by atoms with van der Waals surface area (Å²) in [6.07, 6.45) is 0. The maximum absolute atomic E-state index is 11.0. The maximum atomic E-state index is 11.0. The third-order valence-electron chi connectivity index (χ3n) is 2.23. The molecule has 0 aliphatic carbocycles. The normalized spacial score (nSPS) is 10.5. The van der Waals surface area contributed by atoms with Crippen LogP contribution in [0.5, 0.6) is 0 Å². The second kappa shape index (κ2) is 4.39. The molecule has 0 bridgehead atoms. The smallest absolute Gasteiger partial charge is 0.269 e. The lowest BCUT2D eigenvalue weighted by Crippen LogP contribution is -2.12. The van der Waals surface area contributed by atoms with Gasteiger partial charge in [0.2, 0.25) is 0 Å². The summed E-state index contributed by atoms with van der Waals surface area (Å²) in [5.74, 6) is -0.634. The van der Waals surface area contributed by atoms with Crippen molar-refractivity contribution in [1.82, 2.24) is 9.78 Å². The van der Waals surface area contributed by atoms with Crippen LogP contribution in [0.3, 0.4) is 0 Å². The third kappa shape index (κ3) is 2.28.